The second kappa shape index (κ2) is 7.58. The monoisotopic (exact) mass is 371 g/mol. The van der Waals surface area contributed by atoms with Gasteiger partial charge in [-0.25, -0.2) is 14.4 Å². The van der Waals surface area contributed by atoms with E-state index in [-0.39, 0.29) is 5.02 Å². The molecule has 0 saturated carbocycles. The summed E-state index contributed by atoms with van der Waals surface area (Å²) in [7, 11) is 3.99. The molecule has 0 radical (unpaired) electrons. The Balaban J connectivity index is 1.79. The maximum Gasteiger partial charge on any atom is 0.141 e. The number of aryl methyl sites for hydroxylation is 1. The Morgan fingerprint density at radius 1 is 0.885 bits per heavy atom. The molecule has 7 heteroatoms. The Bertz CT molecular complexity index is 912. The van der Waals surface area contributed by atoms with E-state index in [2.05, 4.69) is 20.6 Å². The van der Waals surface area contributed by atoms with Gasteiger partial charge in [0.05, 0.1) is 5.02 Å². The number of rotatable bonds is 5. The van der Waals surface area contributed by atoms with E-state index < -0.39 is 5.82 Å². The molecule has 0 aliphatic heterocycles. The van der Waals surface area contributed by atoms with Crippen molar-refractivity contribution in [3.8, 4) is 0 Å². The summed E-state index contributed by atoms with van der Waals surface area (Å²) in [4.78, 5) is 10.8. The molecule has 2 aromatic carbocycles. The minimum atomic E-state index is -0.459. The van der Waals surface area contributed by atoms with Crippen LogP contribution in [-0.2, 0) is 0 Å². The number of nitrogens with one attached hydrogen (secondary N) is 2. The summed E-state index contributed by atoms with van der Waals surface area (Å²) in [5.74, 6) is 1.40. The smallest absolute Gasteiger partial charge is 0.141 e. The standard InChI is InChI=1S/C19H19ClFN5/c1-12-22-18(24-13-4-7-15(8-5-13)26(2)3)11-19(23-12)25-14-6-9-17(21)16(20)10-14/h4-11H,1-3H3,(H2,22,23,24,25). The van der Waals surface area contributed by atoms with Crippen molar-refractivity contribution in [3.05, 3.63) is 65.2 Å². The fraction of sp³-hybridized carbons (Fsp3) is 0.158. The molecule has 0 fully saturated rings. The van der Waals surface area contributed by atoms with Gasteiger partial charge in [0.2, 0.25) is 0 Å². The van der Waals surface area contributed by atoms with Gasteiger partial charge < -0.3 is 15.5 Å². The largest absolute Gasteiger partial charge is 0.378 e. The first-order valence-corrected chi connectivity index (χ1v) is 8.41. The number of halogens is 2. The summed E-state index contributed by atoms with van der Waals surface area (Å²) in [5, 5.41) is 6.43. The van der Waals surface area contributed by atoms with E-state index in [0.29, 0.717) is 23.1 Å². The van der Waals surface area contributed by atoms with E-state index in [1.54, 1.807) is 12.1 Å². The van der Waals surface area contributed by atoms with Crippen LogP contribution in [0.15, 0.2) is 48.5 Å². The van der Waals surface area contributed by atoms with Crippen molar-refractivity contribution in [3.63, 3.8) is 0 Å². The van der Waals surface area contributed by atoms with E-state index >= 15 is 0 Å². The predicted molar refractivity (Wildman–Crippen MR) is 106 cm³/mol. The van der Waals surface area contributed by atoms with Crippen molar-refractivity contribution in [1.82, 2.24) is 9.97 Å². The number of anilines is 5. The molecule has 26 heavy (non-hydrogen) atoms. The zero-order valence-corrected chi connectivity index (χ0v) is 15.5. The van der Waals surface area contributed by atoms with Crippen molar-refractivity contribution in [1.29, 1.82) is 0 Å². The minimum Gasteiger partial charge on any atom is -0.378 e. The Labute approximate surface area is 156 Å². The minimum absolute atomic E-state index is 0.0557. The molecular weight excluding hydrogens is 353 g/mol. The number of hydrogen-bond donors (Lipinski definition) is 2. The van der Waals surface area contributed by atoms with E-state index in [0.717, 1.165) is 11.4 Å². The SMILES string of the molecule is Cc1nc(Nc2ccc(N(C)C)cc2)cc(Nc2ccc(F)c(Cl)c2)n1. The molecule has 1 heterocycles. The van der Waals surface area contributed by atoms with Crippen molar-refractivity contribution in [2.45, 2.75) is 6.92 Å². The summed E-state index contributed by atoms with van der Waals surface area (Å²) in [6.07, 6.45) is 0. The molecule has 134 valence electrons. The van der Waals surface area contributed by atoms with E-state index in [4.69, 9.17) is 11.6 Å². The Morgan fingerprint density at radius 3 is 2.04 bits per heavy atom. The van der Waals surface area contributed by atoms with Crippen LogP contribution in [0.4, 0.5) is 33.1 Å². The molecular formula is C19H19ClFN5. The summed E-state index contributed by atoms with van der Waals surface area (Å²) in [5.41, 5.74) is 2.69. The summed E-state index contributed by atoms with van der Waals surface area (Å²) < 4.78 is 13.3. The van der Waals surface area contributed by atoms with Crippen LogP contribution >= 0.6 is 11.6 Å². The van der Waals surface area contributed by atoms with Crippen molar-refractivity contribution in [2.24, 2.45) is 0 Å². The summed E-state index contributed by atoms with van der Waals surface area (Å²) >= 11 is 5.82. The first-order valence-electron chi connectivity index (χ1n) is 8.03. The average molecular weight is 372 g/mol. The molecule has 0 amide bonds. The fourth-order valence-electron chi connectivity index (χ4n) is 2.41. The zero-order valence-electron chi connectivity index (χ0n) is 14.7. The fourth-order valence-corrected chi connectivity index (χ4v) is 2.59. The lowest BCUT2D eigenvalue weighted by Gasteiger charge is -2.14. The summed E-state index contributed by atoms with van der Waals surface area (Å²) in [6, 6.07) is 14.2. The molecule has 0 aliphatic carbocycles. The molecule has 3 rings (SSSR count). The van der Waals surface area contributed by atoms with E-state index in [9.17, 15) is 4.39 Å². The lowest BCUT2D eigenvalue weighted by atomic mass is 10.2. The molecule has 1 aromatic heterocycles. The highest BCUT2D eigenvalue weighted by Gasteiger charge is 2.06. The quantitative estimate of drug-likeness (QED) is 0.651. The van der Waals surface area contributed by atoms with Gasteiger partial charge in [0.1, 0.15) is 23.3 Å². The van der Waals surface area contributed by atoms with Gasteiger partial charge in [-0.2, -0.15) is 0 Å². The van der Waals surface area contributed by atoms with Crippen LogP contribution in [-0.4, -0.2) is 24.1 Å². The molecule has 0 atom stereocenters. The van der Waals surface area contributed by atoms with Gasteiger partial charge >= 0.3 is 0 Å². The molecule has 2 N–H and O–H groups in total. The van der Waals surface area contributed by atoms with Crippen LogP contribution < -0.4 is 15.5 Å². The second-order valence-corrected chi connectivity index (χ2v) is 6.41. The third kappa shape index (κ3) is 4.40. The van der Waals surface area contributed by atoms with Crippen molar-refractivity contribution < 1.29 is 4.39 Å². The van der Waals surface area contributed by atoms with Crippen LogP contribution in [0.5, 0.6) is 0 Å². The molecule has 0 spiro atoms. The highest BCUT2D eigenvalue weighted by Crippen LogP contribution is 2.24. The van der Waals surface area contributed by atoms with E-state index in [1.165, 1.54) is 12.1 Å². The van der Waals surface area contributed by atoms with Gasteiger partial charge in [0.15, 0.2) is 0 Å². The first-order chi connectivity index (χ1) is 12.4. The van der Waals surface area contributed by atoms with Crippen molar-refractivity contribution >= 4 is 40.3 Å². The topological polar surface area (TPSA) is 53.1 Å². The molecule has 0 aliphatic rings. The lowest BCUT2D eigenvalue weighted by molar-refractivity contribution is 0.628. The highest BCUT2D eigenvalue weighted by atomic mass is 35.5. The van der Waals surface area contributed by atoms with Gasteiger partial charge in [0, 0.05) is 37.2 Å². The number of benzene rings is 2. The van der Waals surface area contributed by atoms with Crippen LogP contribution in [0.3, 0.4) is 0 Å². The first kappa shape index (κ1) is 17.9. The zero-order chi connectivity index (χ0) is 18.7. The Hall–Kier alpha value is -2.86. The van der Waals surface area contributed by atoms with Crippen LogP contribution in [0.1, 0.15) is 5.82 Å². The highest BCUT2D eigenvalue weighted by molar-refractivity contribution is 6.31. The lowest BCUT2D eigenvalue weighted by Crippen LogP contribution is -2.08. The number of nitrogens with zero attached hydrogens (tertiary/aromatic N) is 3. The number of hydrogen-bond acceptors (Lipinski definition) is 5. The Kier molecular flexibility index (Phi) is 5.23. The van der Waals surface area contributed by atoms with Gasteiger partial charge in [-0.1, -0.05) is 11.6 Å². The maximum atomic E-state index is 13.3. The molecule has 5 nitrogen and oxygen atoms in total. The third-order valence-corrected chi connectivity index (χ3v) is 3.98. The maximum absolute atomic E-state index is 13.3. The molecule has 0 unspecified atom stereocenters. The molecule has 0 saturated heterocycles. The average Bonchev–Trinajstić information content (AvgIpc) is 2.58. The second-order valence-electron chi connectivity index (χ2n) is 6.01. The van der Waals surface area contributed by atoms with Gasteiger partial charge in [0.25, 0.3) is 0 Å². The third-order valence-electron chi connectivity index (χ3n) is 3.69. The van der Waals surface area contributed by atoms with Gasteiger partial charge in [-0.05, 0) is 49.4 Å². The molecule has 0 bridgehead atoms. The van der Waals surface area contributed by atoms with E-state index in [1.807, 2.05) is 50.2 Å². The molecule has 3 aromatic rings. The normalized spacial score (nSPS) is 10.5. The van der Waals surface area contributed by atoms with Gasteiger partial charge in [-0.15, -0.1) is 0 Å². The van der Waals surface area contributed by atoms with Crippen LogP contribution in [0.2, 0.25) is 5.02 Å². The number of aromatic nitrogens is 2. The van der Waals surface area contributed by atoms with Gasteiger partial charge in [-0.3, -0.25) is 0 Å². The van der Waals surface area contributed by atoms with Crippen LogP contribution in [0.25, 0.3) is 0 Å². The predicted octanol–water partition coefficient (Wildman–Crippen LogP) is 5.13. The van der Waals surface area contributed by atoms with Crippen LogP contribution in [0, 0.1) is 12.7 Å². The Morgan fingerprint density at radius 2 is 1.46 bits per heavy atom. The summed E-state index contributed by atoms with van der Waals surface area (Å²) in [6.45, 7) is 1.81. The van der Waals surface area contributed by atoms with Crippen molar-refractivity contribution in [2.75, 3.05) is 29.6 Å².